The molecule has 0 spiro atoms. The highest BCUT2D eigenvalue weighted by molar-refractivity contribution is 6.42. The van der Waals surface area contributed by atoms with E-state index in [0.29, 0.717) is 28.3 Å². The molecule has 0 saturated carbocycles. The average molecular weight is 382 g/mol. The van der Waals surface area contributed by atoms with Gasteiger partial charge in [0.25, 0.3) is 5.91 Å². The summed E-state index contributed by atoms with van der Waals surface area (Å²) in [5.74, 6) is 0.877. The molecule has 0 bridgehead atoms. The molecule has 1 aromatic carbocycles. The van der Waals surface area contributed by atoms with Gasteiger partial charge in [-0.3, -0.25) is 4.79 Å². The maximum Gasteiger partial charge on any atom is 0.263 e. The van der Waals surface area contributed by atoms with Crippen molar-refractivity contribution in [3.05, 3.63) is 28.2 Å². The van der Waals surface area contributed by atoms with Crippen molar-refractivity contribution in [2.45, 2.75) is 38.8 Å². The van der Waals surface area contributed by atoms with E-state index in [4.69, 9.17) is 33.7 Å². The van der Waals surface area contributed by atoms with Gasteiger partial charge in [0.05, 0.1) is 10.0 Å². The van der Waals surface area contributed by atoms with Gasteiger partial charge >= 0.3 is 0 Å². The number of amides is 1. The van der Waals surface area contributed by atoms with Gasteiger partial charge in [-0.2, -0.15) is 0 Å². The van der Waals surface area contributed by atoms with Gasteiger partial charge in [-0.05, 0) is 44.7 Å². The first-order valence-electron chi connectivity index (χ1n) is 7.54. The van der Waals surface area contributed by atoms with Gasteiger partial charge in [-0.15, -0.1) is 12.4 Å². The van der Waals surface area contributed by atoms with Gasteiger partial charge in [0.15, 0.2) is 6.10 Å². The molecule has 1 fully saturated rings. The van der Waals surface area contributed by atoms with Crippen LogP contribution in [0.25, 0.3) is 0 Å². The number of nitrogens with two attached hydrogens (primary N) is 1. The maximum absolute atomic E-state index is 12.5. The van der Waals surface area contributed by atoms with Crippen LogP contribution in [-0.4, -0.2) is 36.0 Å². The second-order valence-electron chi connectivity index (χ2n) is 5.88. The van der Waals surface area contributed by atoms with Crippen molar-refractivity contribution in [2.24, 2.45) is 11.7 Å². The topological polar surface area (TPSA) is 55.6 Å². The minimum Gasteiger partial charge on any atom is -0.481 e. The molecule has 1 aliphatic heterocycles. The second-order valence-corrected chi connectivity index (χ2v) is 6.70. The van der Waals surface area contributed by atoms with Crippen LogP contribution in [-0.2, 0) is 4.79 Å². The molecular weight excluding hydrogens is 359 g/mol. The lowest BCUT2D eigenvalue weighted by Crippen LogP contribution is -2.48. The Balaban J connectivity index is 0.00000264. The number of halogens is 3. The summed E-state index contributed by atoms with van der Waals surface area (Å²) >= 11 is 11.8. The lowest BCUT2D eigenvalue weighted by molar-refractivity contribution is -0.139. The number of piperidine rings is 1. The van der Waals surface area contributed by atoms with Crippen molar-refractivity contribution in [1.82, 2.24) is 4.90 Å². The first-order chi connectivity index (χ1) is 10.4. The highest BCUT2D eigenvalue weighted by atomic mass is 35.5. The van der Waals surface area contributed by atoms with Crippen LogP contribution in [0.5, 0.6) is 5.75 Å². The van der Waals surface area contributed by atoms with Crippen molar-refractivity contribution in [3.63, 3.8) is 0 Å². The van der Waals surface area contributed by atoms with E-state index in [1.54, 1.807) is 25.1 Å². The van der Waals surface area contributed by atoms with E-state index in [1.807, 2.05) is 11.8 Å². The van der Waals surface area contributed by atoms with Crippen LogP contribution in [0.4, 0.5) is 0 Å². The Morgan fingerprint density at radius 1 is 1.35 bits per heavy atom. The molecular formula is C16H23Cl3N2O2. The molecule has 130 valence electrons. The fraction of sp³-hybridized carbons (Fsp3) is 0.562. The summed E-state index contributed by atoms with van der Waals surface area (Å²) in [5.41, 5.74) is 5.96. The molecule has 4 nitrogen and oxygen atoms in total. The monoisotopic (exact) mass is 380 g/mol. The van der Waals surface area contributed by atoms with E-state index >= 15 is 0 Å². The molecule has 3 unspecified atom stereocenters. The summed E-state index contributed by atoms with van der Waals surface area (Å²) in [6, 6.07) is 5.08. The summed E-state index contributed by atoms with van der Waals surface area (Å²) in [4.78, 5) is 14.4. The number of ether oxygens (including phenoxy) is 1. The summed E-state index contributed by atoms with van der Waals surface area (Å²) in [6.07, 6.45) is 1.49. The number of likely N-dealkylation sites (tertiary alicyclic amines) is 1. The van der Waals surface area contributed by atoms with E-state index in [1.165, 1.54) is 0 Å². The van der Waals surface area contributed by atoms with Gasteiger partial charge in [0.1, 0.15) is 5.75 Å². The quantitative estimate of drug-likeness (QED) is 0.863. The smallest absolute Gasteiger partial charge is 0.263 e. The normalized spacial score (nSPS) is 20.4. The first kappa shape index (κ1) is 20.4. The maximum atomic E-state index is 12.5. The standard InChI is InChI=1S/C16H22Cl2N2O2.ClH/c1-10(19)12-4-3-7-20(9-12)16(21)11(2)22-13-5-6-14(17)15(18)8-13;/h5-6,8,10-12H,3-4,7,9,19H2,1-2H3;1H. The summed E-state index contributed by atoms with van der Waals surface area (Å²) in [7, 11) is 0. The third-order valence-electron chi connectivity index (χ3n) is 4.06. The number of carbonyl (C=O) groups is 1. The molecule has 3 atom stereocenters. The Labute approximate surface area is 153 Å². The van der Waals surface area contributed by atoms with Gasteiger partial charge in [0, 0.05) is 25.2 Å². The van der Waals surface area contributed by atoms with Crippen molar-refractivity contribution in [2.75, 3.05) is 13.1 Å². The second kappa shape index (κ2) is 8.97. The molecule has 0 aromatic heterocycles. The molecule has 2 rings (SSSR count). The Morgan fingerprint density at radius 3 is 2.65 bits per heavy atom. The minimum atomic E-state index is -0.566. The van der Waals surface area contributed by atoms with Gasteiger partial charge in [0.2, 0.25) is 0 Å². The minimum absolute atomic E-state index is 0. The Kier molecular flexibility index (Phi) is 7.95. The van der Waals surface area contributed by atoms with Crippen molar-refractivity contribution < 1.29 is 9.53 Å². The molecule has 1 amide bonds. The molecule has 1 saturated heterocycles. The highest BCUT2D eigenvalue weighted by Gasteiger charge is 2.29. The van der Waals surface area contributed by atoms with Gasteiger partial charge in [-0.1, -0.05) is 23.2 Å². The van der Waals surface area contributed by atoms with E-state index < -0.39 is 6.10 Å². The third kappa shape index (κ3) is 5.42. The van der Waals surface area contributed by atoms with Crippen molar-refractivity contribution in [3.8, 4) is 5.75 Å². The Morgan fingerprint density at radius 2 is 2.04 bits per heavy atom. The molecule has 0 aliphatic carbocycles. The van der Waals surface area contributed by atoms with Crippen LogP contribution in [0, 0.1) is 5.92 Å². The Hall–Kier alpha value is -0.680. The number of hydrogen-bond acceptors (Lipinski definition) is 3. The predicted molar refractivity (Wildman–Crippen MR) is 96.8 cm³/mol. The highest BCUT2D eigenvalue weighted by Crippen LogP contribution is 2.27. The zero-order chi connectivity index (χ0) is 16.3. The molecule has 2 N–H and O–H groups in total. The van der Waals surface area contributed by atoms with E-state index in [2.05, 4.69) is 0 Å². The molecule has 23 heavy (non-hydrogen) atoms. The summed E-state index contributed by atoms with van der Waals surface area (Å²) in [6.45, 7) is 5.21. The average Bonchev–Trinajstić information content (AvgIpc) is 2.50. The Bertz CT molecular complexity index is 540. The van der Waals surface area contributed by atoms with Crippen molar-refractivity contribution >= 4 is 41.5 Å². The van der Waals surface area contributed by atoms with Crippen molar-refractivity contribution in [1.29, 1.82) is 0 Å². The lowest BCUT2D eigenvalue weighted by Gasteiger charge is -2.35. The summed E-state index contributed by atoms with van der Waals surface area (Å²) < 4.78 is 5.70. The predicted octanol–water partition coefficient (Wildman–Crippen LogP) is 3.77. The number of carbonyl (C=O) groups excluding carboxylic acids is 1. The lowest BCUT2D eigenvalue weighted by atomic mass is 9.92. The van der Waals surface area contributed by atoms with Crippen LogP contribution < -0.4 is 10.5 Å². The van der Waals surface area contributed by atoms with Gasteiger partial charge < -0.3 is 15.4 Å². The molecule has 1 aliphatic rings. The number of rotatable bonds is 4. The number of nitrogens with zero attached hydrogens (tertiary/aromatic N) is 1. The summed E-state index contributed by atoms with van der Waals surface area (Å²) in [5, 5.41) is 0.873. The zero-order valence-electron chi connectivity index (χ0n) is 13.3. The largest absolute Gasteiger partial charge is 0.481 e. The van der Waals surface area contributed by atoms with Crippen LogP contribution in [0.3, 0.4) is 0 Å². The van der Waals surface area contributed by atoms with Crippen LogP contribution in [0.15, 0.2) is 18.2 Å². The van der Waals surface area contributed by atoms with Crippen LogP contribution in [0.1, 0.15) is 26.7 Å². The molecule has 1 heterocycles. The molecule has 1 aromatic rings. The number of benzene rings is 1. The number of hydrogen-bond donors (Lipinski definition) is 1. The van der Waals surface area contributed by atoms with Crippen LogP contribution in [0.2, 0.25) is 10.0 Å². The third-order valence-corrected chi connectivity index (χ3v) is 4.80. The van der Waals surface area contributed by atoms with Crippen LogP contribution >= 0.6 is 35.6 Å². The molecule has 7 heteroatoms. The van der Waals surface area contributed by atoms with E-state index in [9.17, 15) is 4.79 Å². The fourth-order valence-electron chi connectivity index (χ4n) is 2.70. The van der Waals surface area contributed by atoms with E-state index in [0.717, 1.165) is 19.4 Å². The fourth-order valence-corrected chi connectivity index (χ4v) is 2.99. The SMILES string of the molecule is CC(Oc1ccc(Cl)c(Cl)c1)C(=O)N1CCCC(C(C)N)C1.Cl. The zero-order valence-corrected chi connectivity index (χ0v) is 15.6. The van der Waals surface area contributed by atoms with E-state index in [-0.39, 0.29) is 24.4 Å². The molecule has 0 radical (unpaired) electrons. The first-order valence-corrected chi connectivity index (χ1v) is 8.30. The van der Waals surface area contributed by atoms with Gasteiger partial charge in [-0.25, -0.2) is 0 Å².